The molecule has 200 valence electrons. The number of aromatic nitrogens is 1. The zero-order valence-electron chi connectivity index (χ0n) is 21.8. The first kappa shape index (κ1) is 28.7. The zero-order chi connectivity index (χ0) is 27.5. The molecular formula is C29H31NO7S. The van der Waals surface area contributed by atoms with Crippen molar-refractivity contribution in [2.75, 3.05) is 13.9 Å². The number of ketones is 1. The molecular weight excluding hydrogens is 506 g/mol. The van der Waals surface area contributed by atoms with Crippen molar-refractivity contribution < 1.29 is 33.3 Å². The number of hydrogen-bond acceptors (Lipinski definition) is 9. The Morgan fingerprint density at radius 2 is 1.61 bits per heavy atom. The molecule has 0 N–H and O–H groups in total. The van der Waals surface area contributed by atoms with Gasteiger partial charge in [0, 0.05) is 30.5 Å². The lowest BCUT2D eigenvalue weighted by Crippen LogP contribution is -2.26. The molecule has 3 aromatic rings. The number of thioether (sulfide) groups is 1. The maximum atomic E-state index is 13.1. The number of Topliss-reactive ketones (excluding diaryl/α,β-unsaturated/α-hetero) is 1. The molecule has 9 heteroatoms. The minimum absolute atomic E-state index is 0.0222. The Bertz CT molecular complexity index is 1220. The van der Waals surface area contributed by atoms with Crippen LogP contribution in [0.1, 0.15) is 48.5 Å². The number of pyridine rings is 1. The molecule has 1 aromatic heterocycles. The van der Waals surface area contributed by atoms with E-state index in [2.05, 4.69) is 4.98 Å². The molecule has 0 saturated heterocycles. The van der Waals surface area contributed by atoms with Crippen LogP contribution in [-0.2, 0) is 19.1 Å². The summed E-state index contributed by atoms with van der Waals surface area (Å²) >= 11 is 1.61. The van der Waals surface area contributed by atoms with Gasteiger partial charge in [0.05, 0.1) is 18.3 Å². The smallest absolute Gasteiger partial charge is 0.309 e. The molecule has 0 spiro atoms. The number of carbonyl (C=O) groups is 3. The maximum absolute atomic E-state index is 13.1. The summed E-state index contributed by atoms with van der Waals surface area (Å²) < 4.78 is 21.4. The highest BCUT2D eigenvalue weighted by Crippen LogP contribution is 2.39. The molecule has 0 aliphatic rings. The van der Waals surface area contributed by atoms with Gasteiger partial charge in [0.15, 0.2) is 23.0 Å². The van der Waals surface area contributed by atoms with Crippen LogP contribution in [0.2, 0.25) is 0 Å². The summed E-state index contributed by atoms with van der Waals surface area (Å²) in [5.74, 6) is -1.91. The SMILES string of the molecule is COc1ccnc(C(=O)C[C@@H](C)C(=O)O[C@@H](C)[C@H](Sc2ccccc2)c2ccccc2)c1OCOC(C)=O. The molecule has 0 aliphatic heterocycles. The fourth-order valence-corrected chi connectivity index (χ4v) is 4.79. The molecule has 0 bridgehead atoms. The Balaban J connectivity index is 1.70. The van der Waals surface area contributed by atoms with Crippen LogP contribution in [0.4, 0.5) is 0 Å². The molecule has 38 heavy (non-hydrogen) atoms. The second-order valence-electron chi connectivity index (χ2n) is 8.52. The summed E-state index contributed by atoms with van der Waals surface area (Å²) in [4.78, 5) is 42.4. The summed E-state index contributed by atoms with van der Waals surface area (Å²) in [7, 11) is 1.42. The second kappa shape index (κ2) is 14.2. The van der Waals surface area contributed by atoms with E-state index < -0.39 is 36.5 Å². The topological polar surface area (TPSA) is 101 Å². The van der Waals surface area contributed by atoms with Crippen LogP contribution in [0.3, 0.4) is 0 Å². The Kier molecular flexibility index (Phi) is 10.7. The van der Waals surface area contributed by atoms with Crippen LogP contribution in [0.5, 0.6) is 11.5 Å². The van der Waals surface area contributed by atoms with Crippen molar-refractivity contribution in [1.29, 1.82) is 0 Å². The predicted molar refractivity (Wildman–Crippen MR) is 143 cm³/mol. The van der Waals surface area contributed by atoms with Crippen molar-refractivity contribution in [2.45, 2.75) is 43.4 Å². The van der Waals surface area contributed by atoms with E-state index in [1.54, 1.807) is 18.7 Å². The van der Waals surface area contributed by atoms with E-state index in [0.29, 0.717) is 0 Å². The van der Waals surface area contributed by atoms with E-state index >= 15 is 0 Å². The minimum atomic E-state index is -0.739. The maximum Gasteiger partial charge on any atom is 0.309 e. The highest BCUT2D eigenvalue weighted by atomic mass is 32.2. The van der Waals surface area contributed by atoms with Crippen molar-refractivity contribution in [1.82, 2.24) is 4.98 Å². The van der Waals surface area contributed by atoms with Gasteiger partial charge in [-0.2, -0.15) is 0 Å². The van der Waals surface area contributed by atoms with Gasteiger partial charge in [0.1, 0.15) is 6.10 Å². The third-order valence-electron chi connectivity index (χ3n) is 5.57. The molecule has 0 amide bonds. The minimum Gasteiger partial charge on any atom is -0.493 e. The largest absolute Gasteiger partial charge is 0.493 e. The van der Waals surface area contributed by atoms with E-state index in [9.17, 15) is 14.4 Å². The summed E-state index contributed by atoms with van der Waals surface area (Å²) in [5, 5.41) is -0.146. The Morgan fingerprint density at radius 1 is 0.947 bits per heavy atom. The average molecular weight is 538 g/mol. The van der Waals surface area contributed by atoms with E-state index in [-0.39, 0.29) is 28.9 Å². The van der Waals surface area contributed by atoms with Gasteiger partial charge in [0.25, 0.3) is 0 Å². The lowest BCUT2D eigenvalue weighted by molar-refractivity contribution is -0.152. The third kappa shape index (κ3) is 8.08. The summed E-state index contributed by atoms with van der Waals surface area (Å²) in [6, 6.07) is 21.3. The first-order valence-electron chi connectivity index (χ1n) is 12.1. The number of hydrogen-bond donors (Lipinski definition) is 0. The van der Waals surface area contributed by atoms with Crippen LogP contribution >= 0.6 is 11.8 Å². The van der Waals surface area contributed by atoms with Crippen LogP contribution in [0.15, 0.2) is 77.8 Å². The van der Waals surface area contributed by atoms with Gasteiger partial charge in [-0.3, -0.25) is 14.4 Å². The molecule has 1 heterocycles. The molecule has 0 radical (unpaired) electrons. The van der Waals surface area contributed by atoms with E-state index in [0.717, 1.165) is 10.5 Å². The van der Waals surface area contributed by atoms with Gasteiger partial charge in [-0.25, -0.2) is 4.98 Å². The predicted octanol–water partition coefficient (Wildman–Crippen LogP) is 5.66. The lowest BCUT2D eigenvalue weighted by Gasteiger charge is -2.25. The highest BCUT2D eigenvalue weighted by molar-refractivity contribution is 7.99. The van der Waals surface area contributed by atoms with Crippen molar-refractivity contribution >= 4 is 29.5 Å². The fraction of sp³-hybridized carbons (Fsp3) is 0.310. The quantitative estimate of drug-likeness (QED) is 0.118. The molecule has 2 aromatic carbocycles. The Labute approximate surface area is 226 Å². The number of esters is 2. The van der Waals surface area contributed by atoms with Gasteiger partial charge < -0.3 is 18.9 Å². The van der Waals surface area contributed by atoms with Crippen molar-refractivity contribution in [3.63, 3.8) is 0 Å². The van der Waals surface area contributed by atoms with Crippen LogP contribution < -0.4 is 9.47 Å². The van der Waals surface area contributed by atoms with Crippen LogP contribution in [-0.4, -0.2) is 42.7 Å². The fourth-order valence-electron chi connectivity index (χ4n) is 3.64. The highest BCUT2D eigenvalue weighted by Gasteiger charge is 2.29. The number of rotatable bonds is 13. The zero-order valence-corrected chi connectivity index (χ0v) is 22.6. The monoisotopic (exact) mass is 537 g/mol. The number of methoxy groups -OCH3 is 1. The molecule has 8 nitrogen and oxygen atoms in total. The molecule has 3 atom stereocenters. The van der Waals surface area contributed by atoms with Crippen molar-refractivity contribution in [2.24, 2.45) is 5.92 Å². The summed E-state index contributed by atoms with van der Waals surface area (Å²) in [6.07, 6.45) is 0.781. The second-order valence-corrected chi connectivity index (χ2v) is 9.74. The van der Waals surface area contributed by atoms with Gasteiger partial charge in [-0.1, -0.05) is 55.5 Å². The summed E-state index contributed by atoms with van der Waals surface area (Å²) in [6.45, 7) is 4.32. The van der Waals surface area contributed by atoms with E-state index in [4.69, 9.17) is 18.9 Å². The molecule has 0 fully saturated rings. The number of benzene rings is 2. The normalized spacial score (nSPS) is 13.1. The third-order valence-corrected chi connectivity index (χ3v) is 7.03. The Hall–Kier alpha value is -3.85. The molecule has 0 saturated carbocycles. The number of nitrogens with zero attached hydrogens (tertiary/aromatic N) is 1. The average Bonchev–Trinajstić information content (AvgIpc) is 2.92. The van der Waals surface area contributed by atoms with Crippen molar-refractivity contribution in [3.8, 4) is 11.5 Å². The van der Waals surface area contributed by atoms with Crippen LogP contribution in [0, 0.1) is 5.92 Å². The van der Waals surface area contributed by atoms with Gasteiger partial charge in [-0.05, 0) is 24.6 Å². The molecule has 0 aliphatic carbocycles. The number of carbonyl (C=O) groups excluding carboxylic acids is 3. The summed E-state index contributed by atoms with van der Waals surface area (Å²) in [5.41, 5.74) is 1.01. The first-order chi connectivity index (χ1) is 18.3. The Morgan fingerprint density at radius 3 is 2.24 bits per heavy atom. The van der Waals surface area contributed by atoms with Gasteiger partial charge in [-0.15, -0.1) is 11.8 Å². The standard InChI is InChI=1S/C29H31NO7S/c1-19(17-24(32)26-27(36-18-35-21(3)31)25(34-4)15-16-30-26)29(33)37-20(2)28(22-11-7-5-8-12-22)38-23-13-9-6-10-14-23/h5-16,19-20,28H,17-18H2,1-4H3/t19-,20+,28+/m1/s1. The van der Waals surface area contributed by atoms with Gasteiger partial charge >= 0.3 is 11.9 Å². The molecule has 3 rings (SSSR count). The first-order valence-corrected chi connectivity index (χ1v) is 13.0. The van der Waals surface area contributed by atoms with Crippen LogP contribution in [0.25, 0.3) is 0 Å². The lowest BCUT2D eigenvalue weighted by atomic mass is 10.0. The van der Waals surface area contributed by atoms with Gasteiger partial charge in [0.2, 0.25) is 6.79 Å². The van der Waals surface area contributed by atoms with E-state index in [1.807, 2.05) is 67.6 Å². The van der Waals surface area contributed by atoms with Crippen molar-refractivity contribution in [3.05, 3.63) is 84.2 Å². The molecule has 0 unspecified atom stereocenters. The number of ether oxygens (including phenoxy) is 4. The van der Waals surface area contributed by atoms with E-state index in [1.165, 1.54) is 26.3 Å².